The minimum atomic E-state index is -0.607. The smallest absolute Gasteiger partial charge is 0.0724 e. The third-order valence-corrected chi connectivity index (χ3v) is 4.51. The Hall–Kier alpha value is -1.20. The van der Waals surface area contributed by atoms with E-state index >= 15 is 0 Å². The van der Waals surface area contributed by atoms with Gasteiger partial charge in [-0.05, 0) is 30.7 Å². The molecule has 0 saturated heterocycles. The van der Waals surface area contributed by atoms with Gasteiger partial charge in [0, 0.05) is 18.9 Å². The predicted octanol–water partition coefficient (Wildman–Crippen LogP) is 1.28. The van der Waals surface area contributed by atoms with Crippen molar-refractivity contribution >= 4 is 0 Å². The topological polar surface area (TPSA) is 80.9 Å². The molecule has 0 spiro atoms. The molecule has 0 unspecified atom stereocenters. The highest BCUT2D eigenvalue weighted by atomic mass is 16.3. The first-order valence-corrected chi connectivity index (χ1v) is 7.99. The summed E-state index contributed by atoms with van der Waals surface area (Å²) >= 11 is 0. The van der Waals surface area contributed by atoms with Gasteiger partial charge in [-0.25, -0.2) is 0 Å². The minimum Gasteiger partial charge on any atom is -0.396 e. The zero-order chi connectivity index (χ0) is 15.9. The monoisotopic (exact) mass is 306 g/mol. The van der Waals surface area contributed by atoms with Gasteiger partial charge in [0.1, 0.15) is 0 Å². The van der Waals surface area contributed by atoms with Crippen molar-refractivity contribution in [1.29, 1.82) is 0 Å². The maximum atomic E-state index is 10.1. The molecular formula is C18H26O4. The average Bonchev–Trinajstić information content (AvgIpc) is 2.78. The average molecular weight is 306 g/mol. The summed E-state index contributed by atoms with van der Waals surface area (Å²) in [6, 6.07) is 9.99. The van der Waals surface area contributed by atoms with E-state index in [1.54, 1.807) is 12.2 Å². The van der Waals surface area contributed by atoms with Gasteiger partial charge in [0.05, 0.1) is 18.3 Å². The molecule has 1 aliphatic rings. The van der Waals surface area contributed by atoms with Crippen LogP contribution in [0.25, 0.3) is 0 Å². The number of rotatable bonds is 7. The number of hydrogen-bond acceptors (Lipinski definition) is 4. The summed E-state index contributed by atoms with van der Waals surface area (Å²) in [4.78, 5) is 0. The van der Waals surface area contributed by atoms with Gasteiger partial charge in [-0.3, -0.25) is 0 Å². The van der Waals surface area contributed by atoms with E-state index in [-0.39, 0.29) is 18.4 Å². The highest BCUT2D eigenvalue weighted by molar-refractivity contribution is 5.15. The van der Waals surface area contributed by atoms with Crippen LogP contribution in [0.3, 0.4) is 0 Å². The number of aryl methyl sites for hydroxylation is 1. The molecule has 122 valence electrons. The summed E-state index contributed by atoms with van der Waals surface area (Å²) in [5, 5.41) is 39.0. The van der Waals surface area contributed by atoms with Crippen molar-refractivity contribution in [3.8, 4) is 0 Å². The molecule has 0 aromatic heterocycles. The van der Waals surface area contributed by atoms with Crippen molar-refractivity contribution in [3.63, 3.8) is 0 Å². The highest BCUT2D eigenvalue weighted by Gasteiger charge is 2.39. The fourth-order valence-electron chi connectivity index (χ4n) is 3.24. The van der Waals surface area contributed by atoms with Crippen molar-refractivity contribution in [2.24, 2.45) is 11.8 Å². The fourth-order valence-corrected chi connectivity index (χ4v) is 3.24. The standard InChI is InChI=1S/C18H26O4/c19-11-10-16-15(17(21)12-18(16)22)9-8-14(20)7-6-13-4-2-1-3-5-13/h1-5,8-9,14-22H,6-7,10-12H2/b9-8+/t14-,15+,16+,17+,18-/m0/s1. The molecule has 2 rings (SSSR count). The molecule has 1 saturated carbocycles. The van der Waals surface area contributed by atoms with Gasteiger partial charge >= 0.3 is 0 Å². The van der Waals surface area contributed by atoms with Crippen LogP contribution in [0, 0.1) is 11.8 Å². The predicted molar refractivity (Wildman–Crippen MR) is 85.2 cm³/mol. The molecule has 4 heteroatoms. The molecule has 22 heavy (non-hydrogen) atoms. The van der Waals surface area contributed by atoms with Gasteiger partial charge in [-0.15, -0.1) is 0 Å². The zero-order valence-corrected chi connectivity index (χ0v) is 12.8. The van der Waals surface area contributed by atoms with E-state index in [9.17, 15) is 15.3 Å². The summed E-state index contributed by atoms with van der Waals surface area (Å²) < 4.78 is 0. The molecular weight excluding hydrogens is 280 g/mol. The Kier molecular flexibility index (Phi) is 6.58. The normalized spacial score (nSPS) is 30.0. The van der Waals surface area contributed by atoms with Crippen LogP contribution in [-0.4, -0.2) is 45.3 Å². The summed E-state index contributed by atoms with van der Waals surface area (Å²) in [5.74, 6) is -0.342. The number of aliphatic hydroxyl groups excluding tert-OH is 4. The zero-order valence-electron chi connectivity index (χ0n) is 12.8. The Balaban J connectivity index is 1.86. The van der Waals surface area contributed by atoms with E-state index in [2.05, 4.69) is 0 Å². The second-order valence-corrected chi connectivity index (χ2v) is 6.10. The number of aliphatic hydroxyl groups is 4. The summed E-state index contributed by atoms with van der Waals surface area (Å²) in [5.41, 5.74) is 1.18. The Bertz CT molecular complexity index is 459. The molecule has 0 bridgehead atoms. The van der Waals surface area contributed by atoms with Gasteiger partial charge in [0.15, 0.2) is 0 Å². The van der Waals surface area contributed by atoms with Crippen molar-refractivity contribution in [1.82, 2.24) is 0 Å². The van der Waals surface area contributed by atoms with E-state index in [0.717, 1.165) is 6.42 Å². The molecule has 0 radical (unpaired) electrons. The molecule has 1 aliphatic carbocycles. The van der Waals surface area contributed by atoms with Crippen LogP contribution in [0.2, 0.25) is 0 Å². The van der Waals surface area contributed by atoms with Gasteiger partial charge in [-0.1, -0.05) is 42.5 Å². The van der Waals surface area contributed by atoms with Crippen LogP contribution in [0.1, 0.15) is 24.8 Å². The van der Waals surface area contributed by atoms with E-state index in [1.165, 1.54) is 5.56 Å². The quantitative estimate of drug-likeness (QED) is 0.572. The van der Waals surface area contributed by atoms with Crippen molar-refractivity contribution < 1.29 is 20.4 Å². The third kappa shape index (κ3) is 4.65. The second kappa shape index (κ2) is 8.44. The SMILES string of the molecule is OCC[C@@H]1[C@@H](/C=C/[C@@H](O)CCc2ccccc2)[C@H](O)C[C@@H]1O. The second-order valence-electron chi connectivity index (χ2n) is 6.10. The lowest BCUT2D eigenvalue weighted by atomic mass is 9.90. The Morgan fingerprint density at radius 1 is 1.14 bits per heavy atom. The highest BCUT2D eigenvalue weighted by Crippen LogP contribution is 2.35. The molecule has 1 fully saturated rings. The molecule has 0 amide bonds. The maximum absolute atomic E-state index is 10.1. The van der Waals surface area contributed by atoms with E-state index in [4.69, 9.17) is 5.11 Å². The lowest BCUT2D eigenvalue weighted by molar-refractivity contribution is 0.103. The maximum Gasteiger partial charge on any atom is 0.0724 e. The van der Waals surface area contributed by atoms with Gasteiger partial charge in [0.2, 0.25) is 0 Å². The Morgan fingerprint density at radius 3 is 2.55 bits per heavy atom. The third-order valence-electron chi connectivity index (χ3n) is 4.51. The molecule has 0 aliphatic heterocycles. The van der Waals surface area contributed by atoms with Crippen LogP contribution in [0.15, 0.2) is 42.5 Å². The van der Waals surface area contributed by atoms with Gasteiger partial charge in [0.25, 0.3) is 0 Å². The van der Waals surface area contributed by atoms with Gasteiger partial charge < -0.3 is 20.4 Å². The summed E-state index contributed by atoms with van der Waals surface area (Å²) in [7, 11) is 0. The molecule has 4 nitrogen and oxygen atoms in total. The molecule has 4 N–H and O–H groups in total. The summed E-state index contributed by atoms with van der Waals surface area (Å²) in [6.45, 7) is -0.00462. The van der Waals surface area contributed by atoms with E-state index in [1.807, 2.05) is 30.3 Å². The first kappa shape index (κ1) is 17.2. The van der Waals surface area contributed by atoms with Crippen LogP contribution < -0.4 is 0 Å². The lowest BCUT2D eigenvalue weighted by Gasteiger charge is -2.20. The Morgan fingerprint density at radius 2 is 1.86 bits per heavy atom. The molecule has 5 atom stereocenters. The first-order chi connectivity index (χ1) is 10.6. The fraction of sp³-hybridized carbons (Fsp3) is 0.556. The van der Waals surface area contributed by atoms with Crippen LogP contribution in [-0.2, 0) is 6.42 Å². The van der Waals surface area contributed by atoms with E-state index < -0.39 is 18.3 Å². The Labute approximate surface area is 131 Å². The van der Waals surface area contributed by atoms with Crippen molar-refractivity contribution in [2.45, 2.75) is 44.0 Å². The number of benzene rings is 1. The van der Waals surface area contributed by atoms with Crippen LogP contribution >= 0.6 is 0 Å². The van der Waals surface area contributed by atoms with Crippen LogP contribution in [0.5, 0.6) is 0 Å². The number of hydrogen-bond donors (Lipinski definition) is 4. The van der Waals surface area contributed by atoms with Gasteiger partial charge in [-0.2, -0.15) is 0 Å². The van der Waals surface area contributed by atoms with Crippen LogP contribution in [0.4, 0.5) is 0 Å². The molecule has 0 heterocycles. The molecule has 1 aromatic carbocycles. The summed E-state index contributed by atoms with van der Waals surface area (Å²) in [6.07, 6.45) is 3.96. The first-order valence-electron chi connectivity index (χ1n) is 7.99. The largest absolute Gasteiger partial charge is 0.396 e. The van der Waals surface area contributed by atoms with Crippen molar-refractivity contribution in [3.05, 3.63) is 48.0 Å². The molecule has 1 aromatic rings. The minimum absolute atomic E-state index is 0.00462. The van der Waals surface area contributed by atoms with Crippen molar-refractivity contribution in [2.75, 3.05) is 6.61 Å². The van der Waals surface area contributed by atoms with E-state index in [0.29, 0.717) is 19.3 Å². The lowest BCUT2D eigenvalue weighted by Crippen LogP contribution is -2.22.